The molecule has 0 atom stereocenters. The van der Waals surface area contributed by atoms with Gasteiger partial charge in [0.2, 0.25) is 10.0 Å². The molecular formula is C18H20N4O3S2. The molecule has 0 spiro atoms. The highest BCUT2D eigenvalue weighted by Gasteiger charge is 2.31. The van der Waals surface area contributed by atoms with Crippen molar-refractivity contribution in [3.8, 4) is 0 Å². The zero-order valence-electron chi connectivity index (χ0n) is 14.9. The van der Waals surface area contributed by atoms with Crippen LogP contribution in [0.15, 0.2) is 40.6 Å². The Labute approximate surface area is 161 Å². The maximum atomic E-state index is 12.8. The quantitative estimate of drug-likeness (QED) is 0.707. The molecule has 9 heteroatoms. The maximum absolute atomic E-state index is 12.8. The number of amides is 1. The molecule has 0 aliphatic carbocycles. The van der Waals surface area contributed by atoms with Crippen molar-refractivity contribution >= 4 is 38.3 Å². The van der Waals surface area contributed by atoms with Crippen LogP contribution < -0.4 is 5.32 Å². The van der Waals surface area contributed by atoms with Gasteiger partial charge >= 0.3 is 0 Å². The van der Waals surface area contributed by atoms with Crippen LogP contribution in [-0.4, -0.2) is 41.3 Å². The molecule has 4 rings (SSSR count). The Kier molecular flexibility index (Phi) is 4.75. The minimum Gasteiger partial charge on any atom is -0.344 e. The number of aromatic nitrogens is 2. The van der Waals surface area contributed by atoms with Gasteiger partial charge in [0.05, 0.1) is 17.6 Å². The number of hydrogen-bond donors (Lipinski definition) is 1. The molecule has 1 N–H and O–H groups in total. The van der Waals surface area contributed by atoms with Crippen molar-refractivity contribution in [2.75, 3.05) is 13.1 Å². The highest BCUT2D eigenvalue weighted by molar-refractivity contribution is 7.89. The lowest BCUT2D eigenvalue weighted by molar-refractivity contribution is 0.0950. The molecule has 0 unspecified atom stereocenters. The molecule has 27 heavy (non-hydrogen) atoms. The zero-order chi connectivity index (χ0) is 19.0. The summed E-state index contributed by atoms with van der Waals surface area (Å²) in [5, 5.41) is 4.46. The molecule has 0 saturated carbocycles. The van der Waals surface area contributed by atoms with Crippen molar-refractivity contribution in [1.82, 2.24) is 19.2 Å². The number of para-hydroxylation sites is 2. The van der Waals surface area contributed by atoms with Crippen LogP contribution >= 0.6 is 11.3 Å². The van der Waals surface area contributed by atoms with Crippen LogP contribution in [0.3, 0.4) is 0 Å². The fourth-order valence-electron chi connectivity index (χ4n) is 3.33. The van der Waals surface area contributed by atoms with Gasteiger partial charge in [0.1, 0.15) is 15.6 Å². The molecule has 2 aromatic heterocycles. The summed E-state index contributed by atoms with van der Waals surface area (Å²) >= 11 is 1.14. The van der Waals surface area contributed by atoms with Gasteiger partial charge in [-0.15, -0.1) is 11.3 Å². The van der Waals surface area contributed by atoms with Gasteiger partial charge in [0, 0.05) is 20.1 Å². The number of thiophene rings is 1. The van der Waals surface area contributed by atoms with Crippen molar-refractivity contribution in [2.24, 2.45) is 7.05 Å². The molecule has 1 aliphatic rings. The number of aryl methyl sites for hydroxylation is 1. The Balaban J connectivity index is 1.54. The number of rotatable bonds is 5. The first-order chi connectivity index (χ1) is 13.0. The Morgan fingerprint density at radius 1 is 1.22 bits per heavy atom. The van der Waals surface area contributed by atoms with Crippen LogP contribution in [0.2, 0.25) is 0 Å². The monoisotopic (exact) mass is 404 g/mol. The maximum Gasteiger partial charge on any atom is 0.263 e. The molecule has 1 aliphatic heterocycles. The normalized spacial score (nSPS) is 15.4. The average Bonchev–Trinajstić information content (AvgIpc) is 3.40. The standard InChI is InChI=1S/C18H20N4O3S2/c1-21-14-7-3-2-6-13(14)20-16(21)12-19-18(23)17-15(8-11-26-17)27(24,25)22-9-4-5-10-22/h2-3,6-8,11H,4-5,9-10,12H2,1H3,(H,19,23). The summed E-state index contributed by atoms with van der Waals surface area (Å²) in [4.78, 5) is 17.5. The molecule has 1 fully saturated rings. The molecular weight excluding hydrogens is 384 g/mol. The lowest BCUT2D eigenvalue weighted by Crippen LogP contribution is -2.30. The van der Waals surface area contributed by atoms with E-state index < -0.39 is 15.9 Å². The highest BCUT2D eigenvalue weighted by atomic mass is 32.2. The van der Waals surface area contributed by atoms with Gasteiger partial charge in [-0.1, -0.05) is 12.1 Å². The summed E-state index contributed by atoms with van der Waals surface area (Å²) in [6, 6.07) is 9.25. The Morgan fingerprint density at radius 2 is 1.96 bits per heavy atom. The van der Waals surface area contributed by atoms with E-state index in [0.29, 0.717) is 18.9 Å². The first-order valence-electron chi connectivity index (χ1n) is 8.74. The van der Waals surface area contributed by atoms with Gasteiger partial charge in [-0.05, 0) is 36.4 Å². The first-order valence-corrected chi connectivity index (χ1v) is 11.1. The van der Waals surface area contributed by atoms with Crippen LogP contribution in [0.1, 0.15) is 28.3 Å². The van der Waals surface area contributed by atoms with Crippen molar-refractivity contribution in [2.45, 2.75) is 24.3 Å². The summed E-state index contributed by atoms with van der Waals surface area (Å²) in [5.74, 6) is 0.319. The van der Waals surface area contributed by atoms with Crippen molar-refractivity contribution < 1.29 is 13.2 Å². The van der Waals surface area contributed by atoms with Gasteiger partial charge in [0.25, 0.3) is 5.91 Å². The fraction of sp³-hybridized carbons (Fsp3) is 0.333. The van der Waals surface area contributed by atoms with Crippen LogP contribution in [0.5, 0.6) is 0 Å². The van der Waals surface area contributed by atoms with Crippen LogP contribution in [0, 0.1) is 0 Å². The molecule has 7 nitrogen and oxygen atoms in total. The number of hydrogen-bond acceptors (Lipinski definition) is 5. The SMILES string of the molecule is Cn1c(CNC(=O)c2sccc2S(=O)(=O)N2CCCC2)nc2ccccc21. The second-order valence-corrected chi connectivity index (χ2v) is 9.31. The Morgan fingerprint density at radius 3 is 2.70 bits per heavy atom. The largest absolute Gasteiger partial charge is 0.344 e. The second kappa shape index (κ2) is 7.06. The minimum atomic E-state index is -3.62. The molecule has 1 saturated heterocycles. The summed E-state index contributed by atoms with van der Waals surface area (Å²) in [6.45, 7) is 1.25. The number of nitrogens with zero attached hydrogens (tertiary/aromatic N) is 3. The number of fused-ring (bicyclic) bond motifs is 1. The lowest BCUT2D eigenvalue weighted by Gasteiger charge is -2.15. The van der Waals surface area contributed by atoms with Gasteiger partial charge < -0.3 is 9.88 Å². The Bertz CT molecular complexity index is 1090. The van der Waals surface area contributed by atoms with Crippen LogP contribution in [0.25, 0.3) is 11.0 Å². The summed E-state index contributed by atoms with van der Waals surface area (Å²) in [7, 11) is -1.73. The average molecular weight is 405 g/mol. The molecule has 0 bridgehead atoms. The predicted octanol–water partition coefficient (Wildman–Crippen LogP) is 2.35. The van der Waals surface area contributed by atoms with Gasteiger partial charge in [0.15, 0.2) is 0 Å². The summed E-state index contributed by atoms with van der Waals surface area (Å²) in [5.41, 5.74) is 1.84. The van der Waals surface area contributed by atoms with Crippen molar-refractivity contribution in [1.29, 1.82) is 0 Å². The number of carbonyl (C=O) groups is 1. The van der Waals surface area contributed by atoms with Crippen LogP contribution in [-0.2, 0) is 23.6 Å². The van der Waals surface area contributed by atoms with E-state index in [1.54, 1.807) is 5.38 Å². The smallest absolute Gasteiger partial charge is 0.263 e. The van der Waals surface area contributed by atoms with E-state index in [1.165, 1.54) is 10.4 Å². The third kappa shape index (κ3) is 3.26. The van der Waals surface area contributed by atoms with E-state index in [-0.39, 0.29) is 16.3 Å². The molecule has 0 radical (unpaired) electrons. The minimum absolute atomic E-state index is 0.0944. The first kappa shape index (κ1) is 18.1. The van der Waals surface area contributed by atoms with E-state index >= 15 is 0 Å². The summed E-state index contributed by atoms with van der Waals surface area (Å²) < 4.78 is 29.0. The third-order valence-electron chi connectivity index (χ3n) is 4.81. The highest BCUT2D eigenvalue weighted by Crippen LogP contribution is 2.27. The summed E-state index contributed by atoms with van der Waals surface area (Å²) in [6.07, 6.45) is 1.72. The number of sulfonamides is 1. The van der Waals surface area contributed by atoms with E-state index in [4.69, 9.17) is 0 Å². The van der Waals surface area contributed by atoms with E-state index in [9.17, 15) is 13.2 Å². The third-order valence-corrected chi connectivity index (χ3v) is 7.79. The number of carbonyl (C=O) groups excluding carboxylic acids is 1. The van der Waals surface area contributed by atoms with E-state index in [0.717, 1.165) is 35.2 Å². The molecule has 1 aromatic carbocycles. The van der Waals surface area contributed by atoms with Gasteiger partial charge in [-0.2, -0.15) is 4.31 Å². The lowest BCUT2D eigenvalue weighted by atomic mass is 10.3. The van der Waals surface area contributed by atoms with E-state index in [1.807, 2.05) is 35.9 Å². The molecule has 3 aromatic rings. The molecule has 1 amide bonds. The van der Waals surface area contributed by atoms with Crippen molar-refractivity contribution in [3.05, 3.63) is 46.4 Å². The van der Waals surface area contributed by atoms with Crippen molar-refractivity contribution in [3.63, 3.8) is 0 Å². The Hall–Kier alpha value is -2.23. The van der Waals surface area contributed by atoms with Gasteiger partial charge in [-0.25, -0.2) is 13.4 Å². The number of benzene rings is 1. The predicted molar refractivity (Wildman–Crippen MR) is 104 cm³/mol. The number of imidazole rings is 1. The fourth-order valence-corrected chi connectivity index (χ4v) is 6.16. The van der Waals surface area contributed by atoms with Gasteiger partial charge in [-0.3, -0.25) is 4.79 Å². The molecule has 142 valence electrons. The number of nitrogens with one attached hydrogen (secondary N) is 1. The van der Waals surface area contributed by atoms with E-state index in [2.05, 4.69) is 10.3 Å². The van der Waals surface area contributed by atoms with Crippen LogP contribution in [0.4, 0.5) is 0 Å². The topological polar surface area (TPSA) is 84.3 Å². The second-order valence-electron chi connectivity index (χ2n) is 6.48. The molecule has 3 heterocycles. The zero-order valence-corrected chi connectivity index (χ0v) is 16.5.